The van der Waals surface area contributed by atoms with Crippen LogP contribution in [-0.2, 0) is 21.0 Å². The summed E-state index contributed by atoms with van der Waals surface area (Å²) in [5.74, 6) is -14.3. The molecule has 0 aliphatic rings. The SMILES string of the molecule is C[S+](C)c1ccc(O)c2ccc(O)cc12.O=S(=O)([O-])C(F)(F)C(F)(F)C(F)(F)C(F)(F)F. The zero-order valence-electron chi connectivity index (χ0n) is 15.7. The van der Waals surface area contributed by atoms with Crippen LogP contribution in [0.25, 0.3) is 10.8 Å². The molecule has 0 heterocycles. The van der Waals surface area contributed by atoms with E-state index in [-0.39, 0.29) is 22.4 Å². The number of halogens is 9. The predicted octanol–water partition coefficient (Wildman–Crippen LogP) is 4.45. The van der Waals surface area contributed by atoms with E-state index >= 15 is 0 Å². The smallest absolute Gasteiger partial charge is 0.460 e. The van der Waals surface area contributed by atoms with E-state index in [4.69, 9.17) is 0 Å². The number of phenols is 2. The van der Waals surface area contributed by atoms with Crippen molar-refractivity contribution in [1.82, 2.24) is 0 Å². The van der Waals surface area contributed by atoms with Crippen molar-refractivity contribution in [3.8, 4) is 11.5 Å². The molecule has 2 aromatic rings. The van der Waals surface area contributed by atoms with Crippen molar-refractivity contribution < 1.29 is 62.7 Å². The number of fused-ring (bicyclic) bond motifs is 1. The maximum atomic E-state index is 12.2. The summed E-state index contributed by atoms with van der Waals surface area (Å²) in [4.78, 5) is 1.17. The van der Waals surface area contributed by atoms with E-state index in [0.717, 1.165) is 10.8 Å². The van der Waals surface area contributed by atoms with Gasteiger partial charge >= 0.3 is 23.3 Å². The third-order valence-electron chi connectivity index (χ3n) is 3.81. The molecular formula is C16H13F9O5S2. The second kappa shape index (κ2) is 8.70. The molecule has 2 rings (SSSR count). The lowest BCUT2D eigenvalue weighted by molar-refractivity contribution is -0.382. The van der Waals surface area contributed by atoms with E-state index < -0.39 is 33.4 Å². The Bertz CT molecular complexity index is 1080. The third-order valence-corrected chi connectivity index (χ3v) is 5.93. The van der Waals surface area contributed by atoms with Gasteiger partial charge in [0, 0.05) is 21.7 Å². The summed E-state index contributed by atoms with van der Waals surface area (Å²) in [6, 6.07) is 8.67. The summed E-state index contributed by atoms with van der Waals surface area (Å²) in [5.41, 5.74) is 0. The molecule has 0 bridgehead atoms. The van der Waals surface area contributed by atoms with Gasteiger partial charge in [0.15, 0.2) is 15.0 Å². The lowest BCUT2D eigenvalue weighted by Crippen LogP contribution is -2.63. The van der Waals surface area contributed by atoms with E-state index in [2.05, 4.69) is 12.5 Å². The van der Waals surface area contributed by atoms with Crippen LogP contribution in [0.3, 0.4) is 0 Å². The molecular weight excluding hydrogens is 507 g/mol. The summed E-state index contributed by atoms with van der Waals surface area (Å²) in [6.45, 7) is 0. The van der Waals surface area contributed by atoms with Gasteiger partial charge < -0.3 is 14.8 Å². The van der Waals surface area contributed by atoms with Crippen LogP contribution in [0.2, 0.25) is 0 Å². The first-order chi connectivity index (χ1) is 14.1. The van der Waals surface area contributed by atoms with Crippen molar-refractivity contribution in [1.29, 1.82) is 0 Å². The van der Waals surface area contributed by atoms with Gasteiger partial charge in [-0.25, -0.2) is 8.42 Å². The highest BCUT2D eigenvalue weighted by atomic mass is 32.2. The van der Waals surface area contributed by atoms with Crippen LogP contribution in [0, 0.1) is 0 Å². The van der Waals surface area contributed by atoms with Crippen molar-refractivity contribution >= 4 is 31.8 Å². The maximum absolute atomic E-state index is 12.2. The molecule has 0 saturated carbocycles. The van der Waals surface area contributed by atoms with Gasteiger partial charge in [-0.15, -0.1) is 0 Å². The van der Waals surface area contributed by atoms with Gasteiger partial charge in [-0.1, -0.05) is 0 Å². The number of hydrogen-bond acceptors (Lipinski definition) is 5. The first-order valence-corrected chi connectivity index (χ1v) is 11.2. The quantitative estimate of drug-likeness (QED) is 0.353. The standard InChI is InChI=1S/C12H12O2S.C4HF9O3S/c1-15(2)12-6-5-11(14)9-4-3-8(13)7-10(9)12;5-1(6,3(9,10)11)2(7,8)4(12,13)17(14,15)16/h3-7H,1-2H3,(H-,13,14);(H,14,15,16). The number of hydrogen-bond donors (Lipinski definition) is 2. The molecule has 2 aromatic carbocycles. The van der Waals surface area contributed by atoms with Gasteiger partial charge in [-0.3, -0.25) is 0 Å². The molecule has 0 aromatic heterocycles. The Kier molecular flexibility index (Phi) is 7.60. The van der Waals surface area contributed by atoms with Gasteiger partial charge in [-0.05, 0) is 30.3 Å². The van der Waals surface area contributed by atoms with Crippen LogP contribution in [0.15, 0.2) is 35.2 Å². The van der Waals surface area contributed by atoms with E-state index in [9.17, 15) is 62.7 Å². The van der Waals surface area contributed by atoms with Crippen molar-refractivity contribution in [3.05, 3.63) is 30.3 Å². The minimum Gasteiger partial charge on any atom is -0.743 e. The number of alkyl halides is 9. The number of benzene rings is 2. The molecule has 16 heteroatoms. The number of phenolic OH excluding ortho intramolecular Hbond substituents is 2. The van der Waals surface area contributed by atoms with E-state index in [1.807, 2.05) is 6.07 Å². The molecule has 0 spiro atoms. The van der Waals surface area contributed by atoms with Crippen molar-refractivity contribution in [2.75, 3.05) is 12.5 Å². The van der Waals surface area contributed by atoms with Gasteiger partial charge in [0.2, 0.25) is 0 Å². The Balaban J connectivity index is 0.000000321. The fraction of sp³-hybridized carbons (Fsp3) is 0.375. The minimum atomic E-state index is -7.43. The highest BCUT2D eigenvalue weighted by Crippen LogP contribution is 2.54. The molecule has 32 heavy (non-hydrogen) atoms. The van der Waals surface area contributed by atoms with Crippen LogP contribution in [0.5, 0.6) is 11.5 Å². The summed E-state index contributed by atoms with van der Waals surface area (Å²) in [5, 5.41) is 13.8. The average Bonchev–Trinajstić information content (AvgIpc) is 2.59. The maximum Gasteiger partial charge on any atom is 0.460 e. The molecule has 2 N–H and O–H groups in total. The van der Waals surface area contributed by atoms with Gasteiger partial charge in [0.25, 0.3) is 0 Å². The lowest BCUT2D eigenvalue weighted by Gasteiger charge is -2.34. The molecule has 0 saturated heterocycles. The summed E-state index contributed by atoms with van der Waals surface area (Å²) < 4.78 is 135. The van der Waals surface area contributed by atoms with E-state index in [1.54, 1.807) is 24.3 Å². The third kappa shape index (κ3) is 4.96. The highest BCUT2D eigenvalue weighted by Gasteiger charge is 2.83. The van der Waals surface area contributed by atoms with Crippen LogP contribution < -0.4 is 0 Å². The normalized spacial score (nSPS) is 13.8. The van der Waals surface area contributed by atoms with Crippen molar-refractivity contribution in [2.24, 2.45) is 0 Å². The van der Waals surface area contributed by atoms with Crippen LogP contribution in [0.1, 0.15) is 0 Å². The highest BCUT2D eigenvalue weighted by molar-refractivity contribution is 7.95. The second-order valence-electron chi connectivity index (χ2n) is 6.25. The summed E-state index contributed by atoms with van der Waals surface area (Å²) >= 11 is 0. The van der Waals surface area contributed by atoms with Crippen LogP contribution >= 0.6 is 0 Å². The molecule has 0 fully saturated rings. The Morgan fingerprint density at radius 3 is 1.72 bits per heavy atom. The Hall–Kier alpha value is -2.07. The minimum absolute atomic E-state index is 0.108. The fourth-order valence-electron chi connectivity index (χ4n) is 2.17. The number of rotatable bonds is 4. The predicted molar refractivity (Wildman–Crippen MR) is 95.3 cm³/mol. The zero-order valence-corrected chi connectivity index (χ0v) is 17.4. The zero-order chi connectivity index (χ0) is 25.5. The fourth-order valence-corrected chi connectivity index (χ4v) is 3.56. The van der Waals surface area contributed by atoms with E-state index in [1.165, 1.54) is 4.90 Å². The molecule has 0 unspecified atom stereocenters. The molecule has 0 aliphatic heterocycles. The van der Waals surface area contributed by atoms with Gasteiger partial charge in [0.1, 0.15) is 24.0 Å². The molecule has 0 amide bonds. The summed E-state index contributed by atoms with van der Waals surface area (Å²) in [7, 11) is -7.31. The monoisotopic (exact) mass is 520 g/mol. The topological polar surface area (TPSA) is 97.7 Å². The van der Waals surface area contributed by atoms with Gasteiger partial charge in [0.05, 0.1) is 0 Å². The van der Waals surface area contributed by atoms with Crippen molar-refractivity contribution in [2.45, 2.75) is 28.2 Å². The number of aromatic hydroxyl groups is 2. The van der Waals surface area contributed by atoms with E-state index in [0.29, 0.717) is 0 Å². The Morgan fingerprint density at radius 1 is 0.812 bits per heavy atom. The largest absolute Gasteiger partial charge is 0.743 e. The molecule has 5 nitrogen and oxygen atoms in total. The van der Waals surface area contributed by atoms with Crippen LogP contribution in [0.4, 0.5) is 39.5 Å². The van der Waals surface area contributed by atoms with Crippen molar-refractivity contribution in [3.63, 3.8) is 0 Å². The van der Waals surface area contributed by atoms with Gasteiger partial charge in [-0.2, -0.15) is 39.5 Å². The second-order valence-corrected chi connectivity index (χ2v) is 9.74. The lowest BCUT2D eigenvalue weighted by atomic mass is 10.1. The molecule has 0 radical (unpaired) electrons. The Labute approximate surface area is 177 Å². The average molecular weight is 520 g/mol. The Morgan fingerprint density at radius 2 is 1.31 bits per heavy atom. The molecule has 0 atom stereocenters. The van der Waals surface area contributed by atoms with Crippen LogP contribution in [-0.4, -0.2) is 59.0 Å². The summed E-state index contributed by atoms with van der Waals surface area (Å²) in [6.07, 6.45) is -2.92. The first kappa shape index (κ1) is 28.0. The molecule has 182 valence electrons. The first-order valence-electron chi connectivity index (χ1n) is 7.77. The molecule has 0 aliphatic carbocycles.